The van der Waals surface area contributed by atoms with Crippen molar-refractivity contribution in [3.05, 3.63) is 63.4 Å². The van der Waals surface area contributed by atoms with Gasteiger partial charge in [-0.2, -0.15) is 0 Å². The third-order valence-corrected chi connectivity index (χ3v) is 3.72. The van der Waals surface area contributed by atoms with Crippen LogP contribution < -0.4 is 5.32 Å². The SMILES string of the molecule is Cc1cc(NC(C)c2ccc(Cl)c(Cl)c2)ccc1F. The summed E-state index contributed by atoms with van der Waals surface area (Å²) in [5.74, 6) is -0.201. The van der Waals surface area contributed by atoms with Crippen LogP contribution in [0.25, 0.3) is 0 Å². The highest BCUT2D eigenvalue weighted by molar-refractivity contribution is 6.42. The molecule has 1 atom stereocenters. The van der Waals surface area contributed by atoms with E-state index >= 15 is 0 Å². The number of anilines is 1. The van der Waals surface area contributed by atoms with E-state index in [2.05, 4.69) is 5.32 Å². The maximum Gasteiger partial charge on any atom is 0.126 e. The lowest BCUT2D eigenvalue weighted by atomic mass is 10.1. The third-order valence-electron chi connectivity index (χ3n) is 2.98. The average molecular weight is 298 g/mol. The zero-order valence-electron chi connectivity index (χ0n) is 10.7. The molecule has 0 saturated carbocycles. The molecule has 0 fully saturated rings. The summed E-state index contributed by atoms with van der Waals surface area (Å²) < 4.78 is 13.2. The molecule has 2 aromatic rings. The van der Waals surface area contributed by atoms with E-state index in [4.69, 9.17) is 23.2 Å². The second-order valence-corrected chi connectivity index (χ2v) is 5.32. The summed E-state index contributed by atoms with van der Waals surface area (Å²) in [6.07, 6.45) is 0. The number of rotatable bonds is 3. The van der Waals surface area contributed by atoms with Gasteiger partial charge >= 0.3 is 0 Å². The van der Waals surface area contributed by atoms with Crippen molar-refractivity contribution >= 4 is 28.9 Å². The number of nitrogens with one attached hydrogen (secondary N) is 1. The Morgan fingerprint density at radius 3 is 2.42 bits per heavy atom. The van der Waals surface area contributed by atoms with Crippen LogP contribution in [0.5, 0.6) is 0 Å². The van der Waals surface area contributed by atoms with E-state index in [0.29, 0.717) is 15.6 Å². The molecular weight excluding hydrogens is 284 g/mol. The van der Waals surface area contributed by atoms with Gasteiger partial charge in [0.1, 0.15) is 5.82 Å². The smallest absolute Gasteiger partial charge is 0.126 e. The van der Waals surface area contributed by atoms with Crippen LogP contribution in [-0.2, 0) is 0 Å². The van der Waals surface area contributed by atoms with Crippen molar-refractivity contribution in [1.82, 2.24) is 0 Å². The maximum absolute atomic E-state index is 13.2. The molecular formula is C15H14Cl2FN. The van der Waals surface area contributed by atoms with Crippen molar-refractivity contribution in [2.45, 2.75) is 19.9 Å². The fourth-order valence-electron chi connectivity index (χ4n) is 1.85. The molecule has 4 heteroatoms. The lowest BCUT2D eigenvalue weighted by Gasteiger charge is -2.17. The summed E-state index contributed by atoms with van der Waals surface area (Å²) in [5.41, 5.74) is 2.51. The molecule has 0 heterocycles. The van der Waals surface area contributed by atoms with E-state index in [1.165, 1.54) is 6.07 Å². The molecule has 0 amide bonds. The minimum atomic E-state index is -0.201. The van der Waals surface area contributed by atoms with Crippen LogP contribution in [0.3, 0.4) is 0 Å². The van der Waals surface area contributed by atoms with Crippen LogP contribution in [-0.4, -0.2) is 0 Å². The Morgan fingerprint density at radius 2 is 1.79 bits per heavy atom. The Kier molecular flexibility index (Phi) is 4.33. The lowest BCUT2D eigenvalue weighted by molar-refractivity contribution is 0.618. The van der Waals surface area contributed by atoms with Gasteiger partial charge < -0.3 is 5.32 Å². The quantitative estimate of drug-likeness (QED) is 0.776. The van der Waals surface area contributed by atoms with E-state index in [9.17, 15) is 4.39 Å². The highest BCUT2D eigenvalue weighted by Crippen LogP contribution is 2.27. The Balaban J connectivity index is 2.17. The summed E-state index contributed by atoms with van der Waals surface area (Å²) >= 11 is 11.9. The molecule has 0 spiro atoms. The number of halogens is 3. The standard InChI is InChI=1S/C15H14Cl2FN/c1-9-7-12(4-6-15(9)18)19-10(2)11-3-5-13(16)14(17)8-11/h3-8,10,19H,1-2H3. The first-order valence-electron chi connectivity index (χ1n) is 5.95. The average Bonchev–Trinajstić information content (AvgIpc) is 2.37. The third kappa shape index (κ3) is 3.40. The molecule has 1 unspecified atom stereocenters. The Morgan fingerprint density at radius 1 is 1.05 bits per heavy atom. The zero-order valence-corrected chi connectivity index (χ0v) is 12.2. The summed E-state index contributed by atoms with van der Waals surface area (Å²) in [6, 6.07) is 10.5. The normalized spacial score (nSPS) is 12.3. The molecule has 0 aliphatic heterocycles. The van der Waals surface area contributed by atoms with Crippen LogP contribution in [0.1, 0.15) is 24.1 Å². The molecule has 0 aliphatic rings. The van der Waals surface area contributed by atoms with Crippen LogP contribution in [0.4, 0.5) is 10.1 Å². The van der Waals surface area contributed by atoms with Gasteiger partial charge in [-0.05, 0) is 55.3 Å². The second kappa shape index (κ2) is 5.81. The summed E-state index contributed by atoms with van der Waals surface area (Å²) in [4.78, 5) is 0. The summed E-state index contributed by atoms with van der Waals surface area (Å²) in [5, 5.41) is 4.37. The monoisotopic (exact) mass is 297 g/mol. The molecule has 2 aromatic carbocycles. The molecule has 0 saturated heterocycles. The molecule has 0 aromatic heterocycles. The number of hydrogen-bond donors (Lipinski definition) is 1. The van der Waals surface area contributed by atoms with Gasteiger partial charge in [-0.15, -0.1) is 0 Å². The van der Waals surface area contributed by atoms with Crippen molar-refractivity contribution in [1.29, 1.82) is 0 Å². The van der Waals surface area contributed by atoms with Gasteiger partial charge in [-0.3, -0.25) is 0 Å². The van der Waals surface area contributed by atoms with Gasteiger partial charge in [0.15, 0.2) is 0 Å². The lowest BCUT2D eigenvalue weighted by Crippen LogP contribution is -2.06. The van der Waals surface area contributed by atoms with Gasteiger partial charge in [-0.1, -0.05) is 29.3 Å². The molecule has 19 heavy (non-hydrogen) atoms. The maximum atomic E-state index is 13.2. The second-order valence-electron chi connectivity index (χ2n) is 4.50. The highest BCUT2D eigenvalue weighted by atomic mass is 35.5. The number of hydrogen-bond acceptors (Lipinski definition) is 1. The van der Waals surface area contributed by atoms with Crippen LogP contribution in [0.2, 0.25) is 10.0 Å². The van der Waals surface area contributed by atoms with Crippen LogP contribution >= 0.6 is 23.2 Å². The van der Waals surface area contributed by atoms with Gasteiger partial charge in [0, 0.05) is 11.7 Å². The first-order valence-corrected chi connectivity index (χ1v) is 6.70. The first kappa shape index (κ1) is 14.2. The summed E-state index contributed by atoms with van der Waals surface area (Å²) in [6.45, 7) is 3.75. The Labute approximate surface area is 122 Å². The predicted molar refractivity (Wildman–Crippen MR) is 79.6 cm³/mol. The summed E-state index contributed by atoms with van der Waals surface area (Å²) in [7, 11) is 0. The molecule has 0 aliphatic carbocycles. The number of benzene rings is 2. The fourth-order valence-corrected chi connectivity index (χ4v) is 2.16. The van der Waals surface area contributed by atoms with Gasteiger partial charge in [0.2, 0.25) is 0 Å². The van der Waals surface area contributed by atoms with Crippen LogP contribution in [0, 0.1) is 12.7 Å². The fraction of sp³-hybridized carbons (Fsp3) is 0.200. The zero-order chi connectivity index (χ0) is 14.0. The molecule has 0 bridgehead atoms. The van der Waals surface area contributed by atoms with Crippen molar-refractivity contribution in [2.24, 2.45) is 0 Å². The Bertz CT molecular complexity index is 599. The van der Waals surface area contributed by atoms with Gasteiger partial charge in [-0.25, -0.2) is 4.39 Å². The van der Waals surface area contributed by atoms with Gasteiger partial charge in [0.25, 0.3) is 0 Å². The van der Waals surface area contributed by atoms with Crippen molar-refractivity contribution < 1.29 is 4.39 Å². The first-order chi connectivity index (χ1) is 8.97. The Hall–Kier alpha value is -1.25. The highest BCUT2D eigenvalue weighted by Gasteiger charge is 2.08. The van der Waals surface area contributed by atoms with E-state index in [-0.39, 0.29) is 11.9 Å². The topological polar surface area (TPSA) is 12.0 Å². The predicted octanol–water partition coefficient (Wildman–Crippen LogP) is 5.61. The minimum Gasteiger partial charge on any atom is -0.379 e. The molecule has 1 nitrogen and oxygen atoms in total. The van der Waals surface area contributed by atoms with Gasteiger partial charge in [0.05, 0.1) is 10.0 Å². The molecule has 1 N–H and O–H groups in total. The van der Waals surface area contributed by atoms with Crippen LogP contribution in [0.15, 0.2) is 36.4 Å². The van der Waals surface area contributed by atoms with E-state index in [1.54, 1.807) is 25.1 Å². The van der Waals surface area contributed by atoms with Crippen molar-refractivity contribution in [3.63, 3.8) is 0 Å². The van der Waals surface area contributed by atoms with Crippen molar-refractivity contribution in [3.8, 4) is 0 Å². The van der Waals surface area contributed by atoms with E-state index in [0.717, 1.165) is 11.3 Å². The molecule has 2 rings (SSSR count). The molecule has 0 radical (unpaired) electrons. The van der Waals surface area contributed by atoms with E-state index < -0.39 is 0 Å². The molecule has 100 valence electrons. The number of aryl methyl sites for hydroxylation is 1. The largest absolute Gasteiger partial charge is 0.379 e. The van der Waals surface area contributed by atoms with Crippen molar-refractivity contribution in [2.75, 3.05) is 5.32 Å². The minimum absolute atomic E-state index is 0.0552. The van der Waals surface area contributed by atoms with E-state index in [1.807, 2.05) is 19.1 Å².